The molecule has 0 radical (unpaired) electrons. The third-order valence-corrected chi connectivity index (χ3v) is 4.62. The van der Waals surface area contributed by atoms with Crippen LogP contribution < -0.4 is 19.7 Å². The number of carbonyl (C=O) groups is 2. The number of carbonyl (C=O) groups excluding carboxylic acids is 2. The zero-order valence-corrected chi connectivity index (χ0v) is 17.5. The fraction of sp³-hybridized carbons (Fsp3) is 0.190. The molecule has 1 saturated heterocycles. The standard InChI is InChI=1S/C21H19ClN2O4S/c1-3-27-16-10-5-13(18(12-16)28-4-2)11-17-19(25)23-21(29)24(20(17)26)15-8-6-14(22)7-9-15/h5-12H,3-4H2,1-2H3,(H,23,25,29)/b17-11-. The Bertz CT molecular complexity index is 989. The van der Waals surface area contributed by atoms with Crippen LogP contribution in [-0.2, 0) is 9.59 Å². The van der Waals surface area contributed by atoms with E-state index in [1.807, 2.05) is 13.8 Å². The van der Waals surface area contributed by atoms with Crippen molar-refractivity contribution in [3.63, 3.8) is 0 Å². The Morgan fingerprint density at radius 3 is 2.41 bits per heavy atom. The van der Waals surface area contributed by atoms with E-state index in [4.69, 9.17) is 33.3 Å². The molecule has 1 aliphatic rings. The van der Waals surface area contributed by atoms with E-state index in [1.165, 1.54) is 11.0 Å². The average Bonchev–Trinajstić information content (AvgIpc) is 2.68. The van der Waals surface area contributed by atoms with E-state index in [2.05, 4.69) is 5.32 Å². The predicted molar refractivity (Wildman–Crippen MR) is 116 cm³/mol. The first-order chi connectivity index (χ1) is 13.9. The van der Waals surface area contributed by atoms with Gasteiger partial charge in [-0.3, -0.25) is 19.8 Å². The Balaban J connectivity index is 2.01. The van der Waals surface area contributed by atoms with Crippen LogP contribution in [0.3, 0.4) is 0 Å². The topological polar surface area (TPSA) is 67.9 Å². The number of amides is 2. The second-order valence-corrected chi connectivity index (χ2v) is 6.82. The first kappa shape index (κ1) is 20.8. The molecule has 6 nitrogen and oxygen atoms in total. The summed E-state index contributed by atoms with van der Waals surface area (Å²) >= 11 is 11.1. The molecule has 1 heterocycles. The van der Waals surface area contributed by atoms with Gasteiger partial charge in [0.05, 0.1) is 18.9 Å². The van der Waals surface area contributed by atoms with Crippen molar-refractivity contribution in [2.75, 3.05) is 18.1 Å². The van der Waals surface area contributed by atoms with Crippen LogP contribution >= 0.6 is 23.8 Å². The molecule has 0 aromatic heterocycles. The van der Waals surface area contributed by atoms with Crippen LogP contribution in [0.25, 0.3) is 6.08 Å². The largest absolute Gasteiger partial charge is 0.494 e. The van der Waals surface area contributed by atoms with Gasteiger partial charge in [-0.1, -0.05) is 11.6 Å². The van der Waals surface area contributed by atoms with Crippen molar-refractivity contribution in [1.29, 1.82) is 0 Å². The highest BCUT2D eigenvalue weighted by atomic mass is 35.5. The van der Waals surface area contributed by atoms with E-state index in [0.717, 1.165) is 0 Å². The number of hydrogen-bond donors (Lipinski definition) is 1. The van der Waals surface area contributed by atoms with Gasteiger partial charge in [0.25, 0.3) is 11.8 Å². The molecule has 8 heteroatoms. The fourth-order valence-electron chi connectivity index (χ4n) is 2.81. The van der Waals surface area contributed by atoms with Crippen LogP contribution in [0.15, 0.2) is 48.0 Å². The molecule has 1 N–H and O–H groups in total. The molecule has 0 aliphatic carbocycles. The van der Waals surface area contributed by atoms with E-state index >= 15 is 0 Å². The minimum Gasteiger partial charge on any atom is -0.494 e. The van der Waals surface area contributed by atoms with Crippen molar-refractivity contribution in [3.05, 3.63) is 58.6 Å². The second kappa shape index (κ2) is 9.07. The SMILES string of the molecule is CCOc1ccc(/C=C2/C(=O)NC(=S)N(c3ccc(Cl)cc3)C2=O)c(OCC)c1. The average molecular weight is 431 g/mol. The summed E-state index contributed by atoms with van der Waals surface area (Å²) in [7, 11) is 0. The zero-order chi connectivity index (χ0) is 21.0. The molecular formula is C21H19ClN2O4S. The number of nitrogens with one attached hydrogen (secondary N) is 1. The van der Waals surface area contributed by atoms with Crippen molar-refractivity contribution >= 4 is 52.5 Å². The lowest BCUT2D eigenvalue weighted by atomic mass is 10.1. The third-order valence-electron chi connectivity index (χ3n) is 4.08. The number of anilines is 1. The minimum atomic E-state index is -0.568. The highest BCUT2D eigenvalue weighted by molar-refractivity contribution is 7.80. The van der Waals surface area contributed by atoms with Crippen LogP contribution in [0.5, 0.6) is 11.5 Å². The Kier molecular flexibility index (Phi) is 6.51. The smallest absolute Gasteiger partial charge is 0.270 e. The molecule has 2 aromatic carbocycles. The molecule has 2 amide bonds. The predicted octanol–water partition coefficient (Wildman–Crippen LogP) is 3.97. The summed E-state index contributed by atoms with van der Waals surface area (Å²) in [5, 5.41) is 3.10. The van der Waals surface area contributed by atoms with E-state index in [9.17, 15) is 9.59 Å². The van der Waals surface area contributed by atoms with E-state index < -0.39 is 11.8 Å². The Morgan fingerprint density at radius 1 is 1.07 bits per heavy atom. The quantitative estimate of drug-likeness (QED) is 0.426. The van der Waals surface area contributed by atoms with E-state index in [1.54, 1.807) is 42.5 Å². The summed E-state index contributed by atoms with van der Waals surface area (Å²) in [6, 6.07) is 11.8. The molecule has 29 heavy (non-hydrogen) atoms. The van der Waals surface area contributed by atoms with Gasteiger partial charge < -0.3 is 9.47 Å². The second-order valence-electron chi connectivity index (χ2n) is 6.00. The number of thiocarbonyl (C=S) groups is 1. The Morgan fingerprint density at radius 2 is 1.76 bits per heavy atom. The molecule has 0 spiro atoms. The summed E-state index contributed by atoms with van der Waals surface area (Å²) in [6.07, 6.45) is 1.49. The van der Waals surface area contributed by atoms with Crippen molar-refractivity contribution < 1.29 is 19.1 Å². The minimum absolute atomic E-state index is 0.0104. The van der Waals surface area contributed by atoms with Crippen LogP contribution in [0.2, 0.25) is 5.02 Å². The molecule has 1 fully saturated rings. The van der Waals surface area contributed by atoms with Crippen molar-refractivity contribution in [3.8, 4) is 11.5 Å². The van der Waals surface area contributed by atoms with E-state index in [-0.39, 0.29) is 10.7 Å². The van der Waals surface area contributed by atoms with E-state index in [0.29, 0.717) is 41.0 Å². The summed E-state index contributed by atoms with van der Waals surface area (Å²) in [5.41, 5.74) is 1.03. The molecule has 0 unspecified atom stereocenters. The molecule has 0 saturated carbocycles. The van der Waals surface area contributed by atoms with Gasteiger partial charge in [0.15, 0.2) is 5.11 Å². The van der Waals surface area contributed by atoms with Gasteiger partial charge in [-0.05, 0) is 68.5 Å². The van der Waals surface area contributed by atoms with Crippen molar-refractivity contribution in [2.45, 2.75) is 13.8 Å². The summed E-state index contributed by atoms with van der Waals surface area (Å²) in [5.74, 6) is 0.0539. The molecular weight excluding hydrogens is 412 g/mol. The first-order valence-electron chi connectivity index (χ1n) is 9.01. The van der Waals surface area contributed by atoms with Gasteiger partial charge in [0.2, 0.25) is 0 Å². The van der Waals surface area contributed by atoms with Crippen molar-refractivity contribution in [1.82, 2.24) is 5.32 Å². The maximum Gasteiger partial charge on any atom is 0.270 e. The van der Waals surface area contributed by atoms with Crippen LogP contribution in [-0.4, -0.2) is 30.1 Å². The lowest BCUT2D eigenvalue weighted by molar-refractivity contribution is -0.122. The normalized spacial score (nSPS) is 15.5. The van der Waals surface area contributed by atoms with Crippen molar-refractivity contribution in [2.24, 2.45) is 0 Å². The number of benzene rings is 2. The van der Waals surface area contributed by atoms with Gasteiger partial charge in [-0.25, -0.2) is 0 Å². The number of hydrogen-bond acceptors (Lipinski definition) is 5. The van der Waals surface area contributed by atoms with Gasteiger partial charge >= 0.3 is 0 Å². The molecule has 1 aliphatic heterocycles. The fourth-order valence-corrected chi connectivity index (χ4v) is 3.22. The maximum atomic E-state index is 13.1. The number of rotatable bonds is 6. The van der Waals surface area contributed by atoms with Crippen LogP contribution in [0.4, 0.5) is 5.69 Å². The maximum absolute atomic E-state index is 13.1. The third kappa shape index (κ3) is 4.58. The molecule has 3 rings (SSSR count). The number of halogens is 1. The molecule has 0 bridgehead atoms. The monoisotopic (exact) mass is 430 g/mol. The zero-order valence-electron chi connectivity index (χ0n) is 15.9. The van der Waals surface area contributed by atoms with Gasteiger partial charge in [0.1, 0.15) is 17.1 Å². The van der Waals surface area contributed by atoms with Gasteiger partial charge in [-0.15, -0.1) is 0 Å². The number of nitrogens with zero attached hydrogens (tertiary/aromatic N) is 1. The lowest BCUT2D eigenvalue weighted by Gasteiger charge is -2.29. The Labute approximate surface area is 179 Å². The summed E-state index contributed by atoms with van der Waals surface area (Å²) in [6.45, 7) is 4.67. The van der Waals surface area contributed by atoms with Crippen LogP contribution in [0.1, 0.15) is 19.4 Å². The lowest BCUT2D eigenvalue weighted by Crippen LogP contribution is -2.54. The van der Waals surface area contributed by atoms with Gasteiger partial charge in [-0.2, -0.15) is 0 Å². The first-order valence-corrected chi connectivity index (χ1v) is 9.79. The highest BCUT2D eigenvalue weighted by Gasteiger charge is 2.34. The van der Waals surface area contributed by atoms with Gasteiger partial charge in [0, 0.05) is 16.7 Å². The number of ether oxygens (including phenoxy) is 2. The molecule has 150 valence electrons. The van der Waals surface area contributed by atoms with Crippen LogP contribution in [0, 0.1) is 0 Å². The highest BCUT2D eigenvalue weighted by Crippen LogP contribution is 2.29. The Hall–Kier alpha value is -2.90. The summed E-state index contributed by atoms with van der Waals surface area (Å²) < 4.78 is 11.2. The summed E-state index contributed by atoms with van der Waals surface area (Å²) in [4.78, 5) is 26.8. The molecule has 2 aromatic rings. The molecule has 0 atom stereocenters.